The molecular weight excluding hydrogens is 206 g/mol. The Hall–Kier alpha value is -0.310. The highest BCUT2D eigenvalue weighted by atomic mass is 32.2. The molecule has 0 aromatic rings. The van der Waals surface area contributed by atoms with Crippen molar-refractivity contribution in [3.8, 4) is 0 Å². The van der Waals surface area contributed by atoms with Crippen molar-refractivity contribution in [3.63, 3.8) is 0 Å². The van der Waals surface area contributed by atoms with E-state index < -0.39 is 0 Å². The standard InChI is InChI=1S/C12H21NOS/c1-5-7-11(14)9(6-2)10-8-15-12(3,4)13-10/h9H,5-8H2,1-4H3. The van der Waals surface area contributed by atoms with E-state index >= 15 is 0 Å². The summed E-state index contributed by atoms with van der Waals surface area (Å²) in [6.07, 6.45) is 2.54. The van der Waals surface area contributed by atoms with Crippen LogP contribution >= 0.6 is 11.8 Å². The number of thioether (sulfide) groups is 1. The summed E-state index contributed by atoms with van der Waals surface area (Å²) in [5.74, 6) is 1.39. The Morgan fingerprint density at radius 1 is 1.53 bits per heavy atom. The van der Waals surface area contributed by atoms with Crippen molar-refractivity contribution in [1.82, 2.24) is 0 Å². The summed E-state index contributed by atoms with van der Waals surface area (Å²) in [5.41, 5.74) is 1.12. The van der Waals surface area contributed by atoms with Crippen LogP contribution in [0.4, 0.5) is 0 Å². The monoisotopic (exact) mass is 227 g/mol. The summed E-state index contributed by atoms with van der Waals surface area (Å²) in [6.45, 7) is 8.36. The van der Waals surface area contributed by atoms with Gasteiger partial charge in [-0.15, -0.1) is 11.8 Å². The van der Waals surface area contributed by atoms with Crippen LogP contribution in [0, 0.1) is 5.92 Å². The molecule has 1 unspecified atom stereocenters. The molecule has 0 aliphatic carbocycles. The van der Waals surface area contributed by atoms with Crippen molar-refractivity contribution < 1.29 is 4.79 Å². The van der Waals surface area contributed by atoms with Crippen LogP contribution in [0.25, 0.3) is 0 Å². The molecule has 1 heterocycles. The van der Waals surface area contributed by atoms with Gasteiger partial charge >= 0.3 is 0 Å². The molecule has 15 heavy (non-hydrogen) atoms. The molecule has 0 amide bonds. The number of aliphatic imine (C=N–C) groups is 1. The summed E-state index contributed by atoms with van der Waals surface area (Å²) >= 11 is 1.83. The molecular formula is C12H21NOS. The zero-order chi connectivity index (χ0) is 11.5. The summed E-state index contributed by atoms with van der Waals surface area (Å²) in [7, 11) is 0. The molecule has 0 aromatic carbocycles. The molecule has 1 rings (SSSR count). The van der Waals surface area contributed by atoms with Gasteiger partial charge in [0.05, 0.1) is 5.92 Å². The molecule has 0 saturated heterocycles. The number of carbonyl (C=O) groups is 1. The van der Waals surface area contributed by atoms with Gasteiger partial charge in [-0.3, -0.25) is 9.79 Å². The van der Waals surface area contributed by atoms with Crippen molar-refractivity contribution in [2.45, 2.75) is 51.8 Å². The molecule has 86 valence electrons. The van der Waals surface area contributed by atoms with Gasteiger partial charge in [0.15, 0.2) is 0 Å². The molecule has 0 radical (unpaired) electrons. The van der Waals surface area contributed by atoms with Crippen molar-refractivity contribution >= 4 is 23.3 Å². The van der Waals surface area contributed by atoms with Crippen LogP contribution < -0.4 is 0 Å². The van der Waals surface area contributed by atoms with Crippen LogP contribution in [0.3, 0.4) is 0 Å². The SMILES string of the molecule is CCCC(=O)C(CC)C1=NC(C)(C)SC1. The molecule has 0 fully saturated rings. The lowest BCUT2D eigenvalue weighted by Crippen LogP contribution is -2.23. The molecule has 0 saturated carbocycles. The maximum Gasteiger partial charge on any atom is 0.141 e. The van der Waals surface area contributed by atoms with Crippen molar-refractivity contribution in [2.24, 2.45) is 10.9 Å². The second kappa shape index (κ2) is 5.15. The minimum absolute atomic E-state index is 0.0186. The highest BCUT2D eigenvalue weighted by molar-refractivity contribution is 8.01. The molecule has 1 aliphatic heterocycles. The van der Waals surface area contributed by atoms with E-state index in [1.165, 1.54) is 0 Å². The van der Waals surface area contributed by atoms with Crippen LogP contribution in [0.1, 0.15) is 47.0 Å². The Balaban J connectivity index is 2.72. The molecule has 0 aromatic heterocycles. The normalized spacial score (nSPS) is 21.2. The number of hydrogen-bond donors (Lipinski definition) is 0. The Kier molecular flexibility index (Phi) is 4.38. The average Bonchev–Trinajstić information content (AvgIpc) is 2.48. The minimum atomic E-state index is -0.0186. The maximum atomic E-state index is 11.9. The number of hydrogen-bond acceptors (Lipinski definition) is 3. The Morgan fingerprint density at radius 2 is 2.20 bits per heavy atom. The maximum absolute atomic E-state index is 11.9. The minimum Gasteiger partial charge on any atom is -0.299 e. The van der Waals surface area contributed by atoms with E-state index in [1.807, 2.05) is 11.8 Å². The van der Waals surface area contributed by atoms with Gasteiger partial charge in [0, 0.05) is 17.9 Å². The van der Waals surface area contributed by atoms with Gasteiger partial charge in [0.25, 0.3) is 0 Å². The molecule has 1 aliphatic rings. The van der Waals surface area contributed by atoms with Crippen molar-refractivity contribution in [3.05, 3.63) is 0 Å². The van der Waals surface area contributed by atoms with Gasteiger partial charge in [0.1, 0.15) is 10.7 Å². The summed E-state index contributed by atoms with van der Waals surface area (Å²) < 4.78 is 0. The van der Waals surface area contributed by atoms with E-state index in [1.54, 1.807) is 0 Å². The number of ketones is 1. The zero-order valence-corrected chi connectivity index (χ0v) is 11.0. The number of carbonyl (C=O) groups excluding carboxylic acids is 1. The third kappa shape index (κ3) is 3.33. The molecule has 1 atom stereocenters. The van der Waals surface area contributed by atoms with Crippen LogP contribution in [-0.2, 0) is 4.79 Å². The first kappa shape index (κ1) is 12.8. The third-order valence-corrected chi connectivity index (χ3v) is 3.92. The predicted molar refractivity (Wildman–Crippen MR) is 67.7 cm³/mol. The van der Waals surface area contributed by atoms with E-state index in [4.69, 9.17) is 0 Å². The number of nitrogens with zero attached hydrogens (tertiary/aromatic N) is 1. The summed E-state index contributed by atoms with van der Waals surface area (Å²) in [5, 5.41) is 0. The fourth-order valence-corrected chi connectivity index (χ4v) is 2.86. The van der Waals surface area contributed by atoms with Crippen LogP contribution in [0.5, 0.6) is 0 Å². The van der Waals surface area contributed by atoms with E-state index in [0.717, 1.165) is 24.3 Å². The number of rotatable bonds is 5. The smallest absolute Gasteiger partial charge is 0.141 e. The quantitative estimate of drug-likeness (QED) is 0.721. The first-order valence-corrected chi connectivity index (χ1v) is 6.74. The van der Waals surface area contributed by atoms with Crippen LogP contribution in [0.15, 0.2) is 4.99 Å². The van der Waals surface area contributed by atoms with Crippen LogP contribution in [0.2, 0.25) is 0 Å². The summed E-state index contributed by atoms with van der Waals surface area (Å²) in [4.78, 5) is 16.5. The van der Waals surface area contributed by atoms with Crippen molar-refractivity contribution in [1.29, 1.82) is 0 Å². The molecule has 0 N–H and O–H groups in total. The van der Waals surface area contributed by atoms with Gasteiger partial charge in [0.2, 0.25) is 0 Å². The molecule has 0 bridgehead atoms. The second-order valence-electron chi connectivity index (χ2n) is 4.52. The third-order valence-electron chi connectivity index (χ3n) is 2.68. The van der Waals surface area contributed by atoms with Gasteiger partial charge < -0.3 is 0 Å². The first-order valence-electron chi connectivity index (χ1n) is 5.75. The van der Waals surface area contributed by atoms with E-state index in [0.29, 0.717) is 12.2 Å². The van der Waals surface area contributed by atoms with Gasteiger partial charge in [-0.25, -0.2) is 0 Å². The Bertz CT molecular complexity index is 271. The lowest BCUT2D eigenvalue weighted by molar-refractivity contribution is -0.121. The van der Waals surface area contributed by atoms with E-state index in [9.17, 15) is 4.79 Å². The van der Waals surface area contributed by atoms with E-state index in [2.05, 4.69) is 32.7 Å². The predicted octanol–water partition coefficient (Wildman–Crippen LogP) is 3.31. The molecule has 2 nitrogen and oxygen atoms in total. The summed E-state index contributed by atoms with van der Waals surface area (Å²) in [6, 6.07) is 0. The zero-order valence-electron chi connectivity index (χ0n) is 10.2. The largest absolute Gasteiger partial charge is 0.299 e. The average molecular weight is 227 g/mol. The highest BCUT2D eigenvalue weighted by Crippen LogP contribution is 2.34. The highest BCUT2D eigenvalue weighted by Gasteiger charge is 2.31. The lowest BCUT2D eigenvalue weighted by Gasteiger charge is -2.13. The van der Waals surface area contributed by atoms with Gasteiger partial charge in [-0.05, 0) is 26.7 Å². The topological polar surface area (TPSA) is 29.4 Å². The van der Waals surface area contributed by atoms with Crippen molar-refractivity contribution in [2.75, 3.05) is 5.75 Å². The van der Waals surface area contributed by atoms with Gasteiger partial charge in [-0.2, -0.15) is 0 Å². The van der Waals surface area contributed by atoms with Crippen LogP contribution in [-0.4, -0.2) is 22.1 Å². The lowest BCUT2D eigenvalue weighted by atomic mass is 9.93. The molecule has 0 spiro atoms. The Labute approximate surface area is 96.9 Å². The fraction of sp³-hybridized carbons (Fsp3) is 0.833. The fourth-order valence-electron chi connectivity index (χ4n) is 1.91. The second-order valence-corrected chi connectivity index (χ2v) is 6.09. The first-order chi connectivity index (χ1) is 7.00. The number of Topliss-reactive ketones (excluding diaryl/α,β-unsaturated/α-hetero) is 1. The molecule has 3 heteroatoms. The van der Waals surface area contributed by atoms with Gasteiger partial charge in [-0.1, -0.05) is 13.8 Å². The van der Waals surface area contributed by atoms with E-state index in [-0.39, 0.29) is 10.8 Å². The Morgan fingerprint density at radius 3 is 2.60 bits per heavy atom.